The van der Waals surface area contributed by atoms with Crippen LogP contribution >= 0.6 is 0 Å². The molecule has 4 saturated heterocycles. The number of nitrogens with zero attached hydrogens (tertiary/aromatic N) is 4. The van der Waals surface area contributed by atoms with Crippen LogP contribution in [0.4, 0.5) is 0 Å². The monoisotopic (exact) mass is 631 g/mol. The molecule has 4 aliphatic heterocycles. The number of likely N-dealkylation sites (N-methyl/N-ethyl adjacent to an activating group) is 1. The molecule has 5 aliphatic rings. The van der Waals surface area contributed by atoms with Crippen LogP contribution in [0.25, 0.3) is 0 Å². The molecule has 1 aliphatic carbocycles. The highest BCUT2D eigenvalue weighted by atomic mass is 32.2. The first-order chi connectivity index (χ1) is 20.7. The maximum Gasteiger partial charge on any atom is 0.233 e. The van der Waals surface area contributed by atoms with Crippen LogP contribution in [0.2, 0.25) is 0 Å². The van der Waals surface area contributed by atoms with Crippen molar-refractivity contribution in [3.05, 3.63) is 0 Å². The average Bonchev–Trinajstić information content (AvgIpc) is 3.03. The number of rotatable bonds is 6. The van der Waals surface area contributed by atoms with Gasteiger partial charge < -0.3 is 31.5 Å². The van der Waals surface area contributed by atoms with Crippen molar-refractivity contribution >= 4 is 15.9 Å². The molecule has 43 heavy (non-hydrogen) atoms. The van der Waals surface area contributed by atoms with E-state index in [4.69, 9.17) is 0 Å². The minimum atomic E-state index is -2.93. The van der Waals surface area contributed by atoms with Crippen molar-refractivity contribution in [2.24, 2.45) is 5.92 Å². The van der Waals surface area contributed by atoms with Crippen molar-refractivity contribution in [1.29, 1.82) is 0 Å². The molecule has 0 aromatic rings. The number of hydrogen-bond acceptors (Lipinski definition) is 10. The first kappa shape index (κ1) is 38.3. The SMILES string of the molecule is C1CCC(N2CCNCC2)CC1.CC(C)CN1CCNCC1.CNC(=O)CN1CCNCC1.CS(=O)(=O)N1CCNCC1. The predicted molar refractivity (Wildman–Crippen MR) is 178 cm³/mol. The Bertz CT molecular complexity index is 788. The molecule has 0 radical (unpaired) electrons. The van der Waals surface area contributed by atoms with Gasteiger partial charge in [-0.05, 0) is 18.8 Å². The van der Waals surface area contributed by atoms with Gasteiger partial charge in [0.25, 0.3) is 0 Å². The third-order valence-corrected chi connectivity index (χ3v) is 9.78. The summed E-state index contributed by atoms with van der Waals surface area (Å²) in [6.45, 7) is 22.9. The van der Waals surface area contributed by atoms with Gasteiger partial charge in [0, 0.05) is 124 Å². The van der Waals surface area contributed by atoms with Crippen molar-refractivity contribution in [3.63, 3.8) is 0 Å². The van der Waals surface area contributed by atoms with Crippen molar-refractivity contribution in [3.8, 4) is 0 Å². The maximum absolute atomic E-state index is 10.9. The molecule has 4 heterocycles. The van der Waals surface area contributed by atoms with Gasteiger partial charge in [-0.25, -0.2) is 8.42 Å². The summed E-state index contributed by atoms with van der Waals surface area (Å²) in [5, 5.41) is 15.7. The Morgan fingerprint density at radius 1 is 0.721 bits per heavy atom. The second kappa shape index (κ2) is 22.6. The fourth-order valence-corrected chi connectivity index (χ4v) is 6.88. The van der Waals surface area contributed by atoms with E-state index in [2.05, 4.69) is 55.1 Å². The lowest BCUT2D eigenvalue weighted by Crippen LogP contribution is -2.48. The number of carbonyl (C=O) groups excluding carboxylic acids is 1. The third-order valence-electron chi connectivity index (χ3n) is 8.48. The van der Waals surface area contributed by atoms with E-state index in [0.717, 1.165) is 51.2 Å². The van der Waals surface area contributed by atoms with Crippen LogP contribution in [0.1, 0.15) is 46.0 Å². The summed E-state index contributed by atoms with van der Waals surface area (Å²) < 4.78 is 23.3. The van der Waals surface area contributed by atoms with Gasteiger partial charge in [-0.1, -0.05) is 33.1 Å². The van der Waals surface area contributed by atoms with E-state index in [1.807, 2.05) is 0 Å². The molecule has 0 bridgehead atoms. The minimum absolute atomic E-state index is 0.104. The summed E-state index contributed by atoms with van der Waals surface area (Å²) >= 11 is 0. The number of amides is 1. The van der Waals surface area contributed by atoms with Gasteiger partial charge >= 0.3 is 0 Å². The Morgan fingerprint density at radius 3 is 1.58 bits per heavy atom. The number of piperazine rings is 4. The fourth-order valence-electron chi connectivity index (χ4n) is 6.03. The molecule has 1 saturated carbocycles. The van der Waals surface area contributed by atoms with Crippen molar-refractivity contribution in [2.75, 3.05) is 131 Å². The highest BCUT2D eigenvalue weighted by Crippen LogP contribution is 2.22. The molecule has 0 spiro atoms. The van der Waals surface area contributed by atoms with Crippen LogP contribution in [0.15, 0.2) is 0 Å². The van der Waals surface area contributed by atoms with Gasteiger partial charge in [0.1, 0.15) is 0 Å². The molecule has 254 valence electrons. The molecule has 5 fully saturated rings. The van der Waals surface area contributed by atoms with Crippen LogP contribution in [-0.2, 0) is 14.8 Å². The van der Waals surface area contributed by atoms with E-state index in [9.17, 15) is 13.2 Å². The minimum Gasteiger partial charge on any atom is -0.358 e. The van der Waals surface area contributed by atoms with E-state index in [1.165, 1.54) is 102 Å². The van der Waals surface area contributed by atoms with Crippen molar-refractivity contribution < 1.29 is 13.2 Å². The Labute approximate surface area is 263 Å². The highest BCUT2D eigenvalue weighted by molar-refractivity contribution is 7.88. The molecule has 12 nitrogen and oxygen atoms in total. The summed E-state index contributed by atoms with van der Waals surface area (Å²) in [5.41, 5.74) is 0. The number of hydrogen-bond donors (Lipinski definition) is 5. The van der Waals surface area contributed by atoms with Gasteiger partial charge in [-0.3, -0.25) is 14.6 Å². The maximum atomic E-state index is 10.9. The standard InChI is InChI=1S/C10H20N2.C8H18N2.C7H15N3O.C5H12N2O2S/c1-2-4-10(5-3-1)12-8-6-11-7-9-12;1-8(2)7-10-5-3-9-4-6-10;1-8-7(11)6-10-4-2-9-3-5-10;1-10(8,9)7-4-2-6-3-5-7/h10-11H,1-9H2;8-9H,3-7H2,1-2H3;9H,2-6H2,1H3,(H,8,11);6H,2-5H2,1H3. The highest BCUT2D eigenvalue weighted by Gasteiger charge is 2.22. The molecular formula is C30H65N9O3S. The number of sulfonamides is 1. The van der Waals surface area contributed by atoms with Crippen LogP contribution < -0.4 is 26.6 Å². The normalized spacial score (nSPS) is 23.6. The molecule has 5 N–H and O–H groups in total. The summed E-state index contributed by atoms with van der Waals surface area (Å²) in [5.74, 6) is 0.921. The zero-order chi connectivity index (χ0) is 31.3. The fraction of sp³-hybridized carbons (Fsp3) is 0.967. The van der Waals surface area contributed by atoms with Crippen LogP contribution in [0.3, 0.4) is 0 Å². The Balaban J connectivity index is 0.000000201. The van der Waals surface area contributed by atoms with E-state index in [1.54, 1.807) is 7.05 Å². The predicted octanol–water partition coefficient (Wildman–Crippen LogP) is -0.739. The Hall–Kier alpha value is -0.900. The lowest BCUT2D eigenvalue weighted by atomic mass is 9.94. The van der Waals surface area contributed by atoms with Crippen molar-refractivity contribution in [1.82, 2.24) is 45.6 Å². The number of carbonyl (C=O) groups is 1. The summed E-state index contributed by atoms with van der Waals surface area (Å²) in [6.07, 6.45) is 8.57. The molecule has 0 aromatic heterocycles. The largest absolute Gasteiger partial charge is 0.358 e. The quantitative estimate of drug-likeness (QED) is 0.256. The van der Waals surface area contributed by atoms with Crippen LogP contribution in [0.5, 0.6) is 0 Å². The van der Waals surface area contributed by atoms with Gasteiger partial charge in [-0.15, -0.1) is 0 Å². The second-order valence-corrected chi connectivity index (χ2v) is 14.6. The Morgan fingerprint density at radius 2 is 1.16 bits per heavy atom. The van der Waals surface area contributed by atoms with Gasteiger partial charge in [0.05, 0.1) is 12.8 Å². The molecule has 13 heteroatoms. The van der Waals surface area contributed by atoms with Gasteiger partial charge in [0.15, 0.2) is 0 Å². The first-order valence-electron chi connectivity index (χ1n) is 16.9. The average molecular weight is 632 g/mol. The molecule has 0 aromatic carbocycles. The first-order valence-corrected chi connectivity index (χ1v) is 18.7. The molecule has 5 rings (SSSR count). The topological polar surface area (TPSA) is 124 Å². The van der Waals surface area contributed by atoms with Crippen LogP contribution in [-0.4, -0.2) is 170 Å². The van der Waals surface area contributed by atoms with E-state index in [-0.39, 0.29) is 5.91 Å². The second-order valence-electron chi connectivity index (χ2n) is 12.6. The Kier molecular flexibility index (Phi) is 20.1. The van der Waals surface area contributed by atoms with E-state index in [0.29, 0.717) is 19.6 Å². The smallest absolute Gasteiger partial charge is 0.233 e. The zero-order valence-electron chi connectivity index (χ0n) is 27.8. The summed E-state index contributed by atoms with van der Waals surface area (Å²) in [4.78, 5) is 18.3. The molecule has 1 amide bonds. The lowest BCUT2D eigenvalue weighted by Gasteiger charge is -2.36. The third kappa shape index (κ3) is 18.0. The van der Waals surface area contributed by atoms with Gasteiger partial charge in [0.2, 0.25) is 15.9 Å². The molecular weight excluding hydrogens is 566 g/mol. The zero-order valence-corrected chi connectivity index (χ0v) is 28.7. The van der Waals surface area contributed by atoms with E-state index < -0.39 is 10.0 Å². The van der Waals surface area contributed by atoms with Crippen LogP contribution in [0, 0.1) is 5.92 Å². The molecule has 0 atom stereocenters. The van der Waals surface area contributed by atoms with Crippen molar-refractivity contribution in [2.45, 2.75) is 52.0 Å². The summed E-state index contributed by atoms with van der Waals surface area (Å²) in [6, 6.07) is 0.931. The molecule has 0 unspecified atom stereocenters. The lowest BCUT2D eigenvalue weighted by molar-refractivity contribution is -0.121. The number of nitrogens with one attached hydrogen (secondary N) is 5. The van der Waals surface area contributed by atoms with E-state index >= 15 is 0 Å². The summed E-state index contributed by atoms with van der Waals surface area (Å²) in [7, 11) is -1.26. The van der Waals surface area contributed by atoms with Gasteiger partial charge in [-0.2, -0.15) is 4.31 Å².